The summed E-state index contributed by atoms with van der Waals surface area (Å²) in [6.07, 6.45) is 6.42. The molecule has 0 fully saturated rings. The maximum atomic E-state index is 13.3. The van der Waals surface area contributed by atoms with Crippen LogP contribution in [-0.4, -0.2) is 36.1 Å². The highest BCUT2D eigenvalue weighted by molar-refractivity contribution is 6.01. The van der Waals surface area contributed by atoms with Gasteiger partial charge in [-0.05, 0) is 29.7 Å². The molecule has 166 valence electrons. The fraction of sp³-hybridized carbons (Fsp3) is 0.143. The molecule has 0 aliphatic rings. The maximum Gasteiger partial charge on any atom is 0.322 e. The molecule has 0 spiro atoms. The topological polar surface area (TPSA) is 54.5 Å². The summed E-state index contributed by atoms with van der Waals surface area (Å²) in [6.45, 7) is 1.01. The molecule has 5 nitrogen and oxygen atoms in total. The number of pyridine rings is 1. The molecule has 3 aromatic carbocycles. The van der Waals surface area contributed by atoms with E-state index in [2.05, 4.69) is 10.3 Å². The number of para-hydroxylation sites is 1. The Hall–Kier alpha value is -4.12. The van der Waals surface area contributed by atoms with Crippen LogP contribution in [0.25, 0.3) is 16.8 Å². The minimum absolute atomic E-state index is 0.146. The van der Waals surface area contributed by atoms with Crippen LogP contribution in [0.15, 0.2) is 97.2 Å². The monoisotopic (exact) mass is 437 g/mol. The van der Waals surface area contributed by atoms with E-state index in [1.807, 2.05) is 97.1 Å². The molecule has 0 atom stereocenters. The van der Waals surface area contributed by atoms with E-state index in [1.165, 1.54) is 0 Å². The van der Waals surface area contributed by atoms with Crippen LogP contribution in [0.1, 0.15) is 11.3 Å². The van der Waals surface area contributed by atoms with Crippen molar-refractivity contribution in [2.75, 3.05) is 25.5 Å². The average molecular weight is 438 g/mol. The molecule has 4 rings (SSSR count). The van der Waals surface area contributed by atoms with Crippen molar-refractivity contribution in [3.05, 3.63) is 108 Å². The summed E-state index contributed by atoms with van der Waals surface area (Å²) in [6, 6.07) is 27.5. The van der Waals surface area contributed by atoms with Crippen molar-refractivity contribution in [3.63, 3.8) is 0 Å². The second-order valence-corrected chi connectivity index (χ2v) is 7.62. The van der Waals surface area contributed by atoms with E-state index in [0.717, 1.165) is 33.5 Å². The zero-order chi connectivity index (χ0) is 22.9. The molecule has 1 heterocycles. The summed E-state index contributed by atoms with van der Waals surface area (Å²) in [5.41, 5.74) is 2.72. The van der Waals surface area contributed by atoms with Gasteiger partial charge in [0.25, 0.3) is 0 Å². The van der Waals surface area contributed by atoms with Crippen molar-refractivity contribution in [2.45, 2.75) is 6.42 Å². The Morgan fingerprint density at radius 1 is 0.970 bits per heavy atom. The molecule has 0 radical (unpaired) electrons. The first-order valence-electron chi connectivity index (χ1n) is 11.0. The van der Waals surface area contributed by atoms with Crippen molar-refractivity contribution in [1.29, 1.82) is 0 Å². The average Bonchev–Trinajstić information content (AvgIpc) is 2.87. The van der Waals surface area contributed by atoms with Gasteiger partial charge in [-0.2, -0.15) is 0 Å². The number of hydrogen-bond donors (Lipinski definition) is 1. The third kappa shape index (κ3) is 5.77. The van der Waals surface area contributed by atoms with E-state index in [9.17, 15) is 4.79 Å². The summed E-state index contributed by atoms with van der Waals surface area (Å²) in [5.74, 6) is 0.800. The summed E-state index contributed by atoms with van der Waals surface area (Å²) in [4.78, 5) is 19.5. The predicted octanol–water partition coefficient (Wildman–Crippen LogP) is 6.03. The lowest BCUT2D eigenvalue weighted by atomic mass is 10.1. The number of nitrogens with zero attached hydrogens (tertiary/aromatic N) is 2. The van der Waals surface area contributed by atoms with Gasteiger partial charge < -0.3 is 15.0 Å². The van der Waals surface area contributed by atoms with Gasteiger partial charge in [-0.3, -0.25) is 4.98 Å². The molecule has 0 saturated carbocycles. The Morgan fingerprint density at radius 2 is 1.76 bits per heavy atom. The Kier molecular flexibility index (Phi) is 7.33. The Balaban J connectivity index is 1.52. The normalized spacial score (nSPS) is 10.9. The zero-order valence-electron chi connectivity index (χ0n) is 18.6. The Morgan fingerprint density at radius 3 is 2.61 bits per heavy atom. The molecular weight excluding hydrogens is 410 g/mol. The highest BCUT2D eigenvalue weighted by Gasteiger charge is 2.14. The third-order valence-electron chi connectivity index (χ3n) is 5.44. The number of hydrogen-bond acceptors (Lipinski definition) is 3. The van der Waals surface area contributed by atoms with Crippen molar-refractivity contribution in [2.24, 2.45) is 0 Å². The van der Waals surface area contributed by atoms with E-state index >= 15 is 0 Å². The van der Waals surface area contributed by atoms with Gasteiger partial charge in [0.1, 0.15) is 5.75 Å². The molecule has 5 heteroatoms. The van der Waals surface area contributed by atoms with Crippen LogP contribution >= 0.6 is 0 Å². The van der Waals surface area contributed by atoms with E-state index in [4.69, 9.17) is 4.74 Å². The number of ether oxygens (including phenoxy) is 1. The van der Waals surface area contributed by atoms with E-state index in [-0.39, 0.29) is 6.03 Å². The van der Waals surface area contributed by atoms with Gasteiger partial charge in [-0.15, -0.1) is 0 Å². The SMILES string of the molecule is COc1ccccc1/C=C/CN(CCc1ccccn1)C(=O)Nc1cccc2ccccc12. The number of amides is 2. The lowest BCUT2D eigenvalue weighted by molar-refractivity contribution is 0.217. The molecule has 0 bridgehead atoms. The summed E-state index contributed by atoms with van der Waals surface area (Å²) in [5, 5.41) is 5.21. The minimum Gasteiger partial charge on any atom is -0.496 e. The van der Waals surface area contributed by atoms with Gasteiger partial charge in [0.2, 0.25) is 0 Å². The lowest BCUT2D eigenvalue weighted by Crippen LogP contribution is -2.36. The first-order chi connectivity index (χ1) is 16.2. The van der Waals surface area contributed by atoms with Crippen LogP contribution in [0, 0.1) is 0 Å². The number of anilines is 1. The second-order valence-electron chi connectivity index (χ2n) is 7.62. The Bertz CT molecular complexity index is 1230. The summed E-state index contributed by atoms with van der Waals surface area (Å²) in [7, 11) is 1.66. The number of rotatable bonds is 8. The van der Waals surface area contributed by atoms with Crippen LogP contribution in [0.3, 0.4) is 0 Å². The van der Waals surface area contributed by atoms with Crippen molar-refractivity contribution in [3.8, 4) is 5.75 Å². The number of fused-ring (bicyclic) bond motifs is 1. The molecular formula is C28H27N3O2. The highest BCUT2D eigenvalue weighted by atomic mass is 16.5. The summed E-state index contributed by atoms with van der Waals surface area (Å²) < 4.78 is 5.42. The molecule has 0 aliphatic heterocycles. The lowest BCUT2D eigenvalue weighted by Gasteiger charge is -2.22. The van der Waals surface area contributed by atoms with E-state index in [1.54, 1.807) is 18.2 Å². The van der Waals surface area contributed by atoms with Crippen LogP contribution in [0.2, 0.25) is 0 Å². The quantitative estimate of drug-likeness (QED) is 0.366. The number of nitrogens with one attached hydrogen (secondary N) is 1. The fourth-order valence-electron chi connectivity index (χ4n) is 3.71. The number of aromatic nitrogens is 1. The zero-order valence-corrected chi connectivity index (χ0v) is 18.6. The smallest absolute Gasteiger partial charge is 0.322 e. The van der Waals surface area contributed by atoms with Crippen molar-refractivity contribution < 1.29 is 9.53 Å². The second kappa shape index (κ2) is 11.0. The Labute approximate surface area is 194 Å². The van der Waals surface area contributed by atoms with E-state index in [0.29, 0.717) is 19.5 Å². The minimum atomic E-state index is -0.146. The van der Waals surface area contributed by atoms with Crippen LogP contribution in [0.4, 0.5) is 10.5 Å². The number of benzene rings is 3. The predicted molar refractivity (Wildman–Crippen MR) is 135 cm³/mol. The fourth-order valence-corrected chi connectivity index (χ4v) is 3.71. The number of methoxy groups -OCH3 is 1. The standard InChI is InChI=1S/C28H27N3O2/c1-33-27-17-5-3-11-23(27)13-9-20-31(21-18-24-14-6-7-19-29-24)28(32)30-26-16-8-12-22-10-2-4-15-25(22)26/h2-17,19H,18,20-21H2,1H3,(H,30,32)/b13-9+. The van der Waals surface area contributed by atoms with Gasteiger partial charge in [-0.25, -0.2) is 4.79 Å². The van der Waals surface area contributed by atoms with E-state index < -0.39 is 0 Å². The van der Waals surface area contributed by atoms with Gasteiger partial charge >= 0.3 is 6.03 Å². The number of carbonyl (C=O) groups is 1. The van der Waals surface area contributed by atoms with Crippen LogP contribution in [-0.2, 0) is 6.42 Å². The third-order valence-corrected chi connectivity index (χ3v) is 5.44. The largest absolute Gasteiger partial charge is 0.496 e. The van der Waals surface area contributed by atoms with Crippen molar-refractivity contribution >= 4 is 28.6 Å². The maximum absolute atomic E-state index is 13.3. The summed E-state index contributed by atoms with van der Waals surface area (Å²) >= 11 is 0. The van der Waals surface area contributed by atoms with Crippen molar-refractivity contribution in [1.82, 2.24) is 9.88 Å². The van der Waals surface area contributed by atoms with Gasteiger partial charge in [0.05, 0.1) is 12.8 Å². The highest BCUT2D eigenvalue weighted by Crippen LogP contribution is 2.23. The number of carbonyl (C=O) groups excluding carboxylic acids is 1. The molecule has 1 aromatic heterocycles. The molecule has 0 aliphatic carbocycles. The van der Waals surface area contributed by atoms with Gasteiger partial charge in [0, 0.05) is 42.4 Å². The van der Waals surface area contributed by atoms with Crippen LogP contribution < -0.4 is 10.1 Å². The molecule has 0 unspecified atom stereocenters. The van der Waals surface area contributed by atoms with Gasteiger partial charge in [0.15, 0.2) is 0 Å². The molecule has 1 N–H and O–H groups in total. The molecule has 4 aromatic rings. The number of urea groups is 1. The van der Waals surface area contributed by atoms with Gasteiger partial charge in [-0.1, -0.05) is 72.8 Å². The first kappa shape index (κ1) is 22.1. The molecule has 33 heavy (non-hydrogen) atoms. The first-order valence-corrected chi connectivity index (χ1v) is 11.0. The molecule has 2 amide bonds. The molecule has 0 saturated heterocycles. The van der Waals surface area contributed by atoms with Crippen LogP contribution in [0.5, 0.6) is 5.75 Å².